The molecule has 3 aliphatic rings. The number of carbonyl (C=O) groups excluding carboxylic acids is 2. The van der Waals surface area contributed by atoms with Gasteiger partial charge in [0.05, 0.1) is 25.7 Å². The molecule has 1 N–H and O–H groups in total. The molecule has 0 spiro atoms. The topological polar surface area (TPSA) is 65.1 Å². The Morgan fingerprint density at radius 1 is 0.958 bits per heavy atom. The van der Waals surface area contributed by atoms with Gasteiger partial charge in [0.1, 0.15) is 0 Å². The first-order valence-electron chi connectivity index (χ1n) is 8.31. The van der Waals surface area contributed by atoms with Crippen LogP contribution in [0.15, 0.2) is 0 Å². The number of nitrogens with zero attached hydrogens (tertiary/aromatic N) is 3. The van der Waals surface area contributed by atoms with Gasteiger partial charge in [0.15, 0.2) is 0 Å². The average Bonchev–Trinajstić information content (AvgIpc) is 3.10. The minimum atomic E-state index is 0. The number of hydrogen-bond donors (Lipinski definition) is 1. The minimum absolute atomic E-state index is 0. The summed E-state index contributed by atoms with van der Waals surface area (Å²) in [6.07, 6.45) is 0.939. The molecule has 1 unspecified atom stereocenters. The molecule has 0 aromatic carbocycles. The van der Waals surface area contributed by atoms with Crippen molar-refractivity contribution in [1.82, 2.24) is 20.0 Å². The lowest BCUT2D eigenvalue weighted by Crippen LogP contribution is -2.54. The van der Waals surface area contributed by atoms with Crippen LogP contribution < -0.4 is 5.32 Å². The predicted octanol–water partition coefficient (Wildman–Crippen LogP) is -0.557. The number of carbonyl (C=O) groups is 2. The van der Waals surface area contributed by atoms with Crippen molar-refractivity contribution >= 4 is 36.6 Å². The zero-order valence-corrected chi connectivity index (χ0v) is 15.6. The highest BCUT2D eigenvalue weighted by Crippen LogP contribution is 2.14. The highest BCUT2D eigenvalue weighted by Gasteiger charge is 2.30. The Bertz CT molecular complexity index is 408. The van der Waals surface area contributed by atoms with Gasteiger partial charge in [0.2, 0.25) is 11.8 Å². The maximum Gasteiger partial charge on any atom is 0.236 e. The maximum absolute atomic E-state index is 12.4. The van der Waals surface area contributed by atoms with E-state index in [1.165, 1.54) is 0 Å². The lowest BCUT2D eigenvalue weighted by atomic mass is 10.1. The fraction of sp³-hybridized carbons (Fsp3) is 0.867. The van der Waals surface area contributed by atoms with Crippen LogP contribution in [0.3, 0.4) is 0 Å². The van der Waals surface area contributed by atoms with E-state index in [0.29, 0.717) is 45.9 Å². The molecule has 0 saturated carbocycles. The van der Waals surface area contributed by atoms with Gasteiger partial charge in [-0.3, -0.25) is 14.5 Å². The summed E-state index contributed by atoms with van der Waals surface area (Å²) in [4.78, 5) is 30.7. The van der Waals surface area contributed by atoms with E-state index in [4.69, 9.17) is 4.74 Å². The first-order chi connectivity index (χ1) is 10.7. The minimum Gasteiger partial charge on any atom is -0.379 e. The van der Waals surface area contributed by atoms with Crippen LogP contribution in [-0.2, 0) is 14.3 Å². The van der Waals surface area contributed by atoms with Gasteiger partial charge in [-0.15, -0.1) is 24.8 Å². The molecule has 3 rings (SSSR count). The van der Waals surface area contributed by atoms with E-state index in [-0.39, 0.29) is 42.5 Å². The van der Waals surface area contributed by atoms with Gasteiger partial charge < -0.3 is 19.9 Å². The van der Waals surface area contributed by atoms with Crippen LogP contribution in [0.1, 0.15) is 6.42 Å². The van der Waals surface area contributed by atoms with Crippen LogP contribution in [0, 0.1) is 5.92 Å². The molecular formula is C15H28Cl2N4O3. The zero-order valence-electron chi connectivity index (χ0n) is 13.9. The molecule has 2 amide bonds. The summed E-state index contributed by atoms with van der Waals surface area (Å²) in [5.41, 5.74) is 0. The van der Waals surface area contributed by atoms with Crippen molar-refractivity contribution in [3.63, 3.8) is 0 Å². The fourth-order valence-electron chi connectivity index (χ4n) is 3.35. The van der Waals surface area contributed by atoms with Crippen molar-refractivity contribution in [1.29, 1.82) is 0 Å². The van der Waals surface area contributed by atoms with Crippen LogP contribution in [0.4, 0.5) is 0 Å². The molecule has 0 aromatic rings. The Kier molecular flexibility index (Phi) is 9.30. The van der Waals surface area contributed by atoms with Crippen LogP contribution in [0.25, 0.3) is 0 Å². The molecule has 0 aromatic heterocycles. The standard InChI is InChI=1S/C15H26N4O3.2ClH/c20-14(12-17-7-9-22-10-8-17)18-3-5-19(6-4-18)15(21)13-1-2-16-11-13;;/h13,16H,1-12H2;2*1H. The first kappa shape index (κ1) is 21.4. The maximum atomic E-state index is 12.4. The second-order valence-electron chi connectivity index (χ2n) is 6.28. The van der Waals surface area contributed by atoms with E-state index >= 15 is 0 Å². The monoisotopic (exact) mass is 382 g/mol. The SMILES string of the molecule is Cl.Cl.O=C(CN1CCOCC1)N1CCN(C(=O)C2CCNC2)CC1. The molecule has 3 heterocycles. The smallest absolute Gasteiger partial charge is 0.236 e. The Balaban J connectivity index is 0.00000144. The third-order valence-electron chi connectivity index (χ3n) is 4.82. The number of piperazine rings is 1. The number of halogens is 2. The lowest BCUT2D eigenvalue weighted by Gasteiger charge is -2.37. The molecular weight excluding hydrogens is 355 g/mol. The summed E-state index contributed by atoms with van der Waals surface area (Å²) in [5.74, 6) is 0.567. The number of rotatable bonds is 3. The van der Waals surface area contributed by atoms with Gasteiger partial charge in [-0.1, -0.05) is 0 Å². The van der Waals surface area contributed by atoms with E-state index in [2.05, 4.69) is 10.2 Å². The quantitative estimate of drug-likeness (QED) is 0.708. The summed E-state index contributed by atoms with van der Waals surface area (Å²) in [6.45, 7) is 7.97. The fourth-order valence-corrected chi connectivity index (χ4v) is 3.35. The van der Waals surface area contributed by atoms with Crippen LogP contribution >= 0.6 is 24.8 Å². The first-order valence-corrected chi connectivity index (χ1v) is 8.31. The molecule has 3 aliphatic heterocycles. The molecule has 140 valence electrons. The Labute approximate surface area is 155 Å². The van der Waals surface area contributed by atoms with Gasteiger partial charge in [0.25, 0.3) is 0 Å². The van der Waals surface area contributed by atoms with Crippen molar-refractivity contribution in [2.75, 3.05) is 72.1 Å². The molecule has 7 nitrogen and oxygen atoms in total. The Hall–Kier alpha value is -0.600. The molecule has 9 heteroatoms. The Morgan fingerprint density at radius 2 is 1.58 bits per heavy atom. The third kappa shape index (κ3) is 5.46. The average molecular weight is 383 g/mol. The largest absolute Gasteiger partial charge is 0.379 e. The van der Waals surface area contributed by atoms with Crippen LogP contribution in [0.5, 0.6) is 0 Å². The van der Waals surface area contributed by atoms with Crippen molar-refractivity contribution < 1.29 is 14.3 Å². The van der Waals surface area contributed by atoms with Gasteiger partial charge in [-0.05, 0) is 13.0 Å². The summed E-state index contributed by atoms with van der Waals surface area (Å²) < 4.78 is 5.30. The van der Waals surface area contributed by atoms with Crippen LogP contribution in [-0.4, -0.2) is 98.6 Å². The molecule has 3 saturated heterocycles. The summed E-state index contributed by atoms with van der Waals surface area (Å²) >= 11 is 0. The molecule has 24 heavy (non-hydrogen) atoms. The van der Waals surface area contributed by atoms with E-state index < -0.39 is 0 Å². The summed E-state index contributed by atoms with van der Waals surface area (Å²) in [7, 11) is 0. The highest BCUT2D eigenvalue weighted by atomic mass is 35.5. The second kappa shape index (κ2) is 10.4. The number of hydrogen-bond acceptors (Lipinski definition) is 5. The molecule has 0 radical (unpaired) electrons. The molecule has 3 fully saturated rings. The van der Waals surface area contributed by atoms with E-state index in [9.17, 15) is 9.59 Å². The third-order valence-corrected chi connectivity index (χ3v) is 4.82. The van der Waals surface area contributed by atoms with Gasteiger partial charge in [0, 0.05) is 45.8 Å². The van der Waals surface area contributed by atoms with E-state index in [1.54, 1.807) is 0 Å². The van der Waals surface area contributed by atoms with E-state index in [1.807, 2.05) is 9.80 Å². The predicted molar refractivity (Wildman–Crippen MR) is 95.9 cm³/mol. The van der Waals surface area contributed by atoms with Gasteiger partial charge in [-0.2, -0.15) is 0 Å². The van der Waals surface area contributed by atoms with Crippen LogP contribution in [0.2, 0.25) is 0 Å². The summed E-state index contributed by atoms with van der Waals surface area (Å²) in [6, 6.07) is 0. The second-order valence-corrected chi connectivity index (χ2v) is 6.28. The molecule has 0 bridgehead atoms. The van der Waals surface area contributed by atoms with Gasteiger partial charge in [-0.25, -0.2) is 0 Å². The molecule has 1 atom stereocenters. The summed E-state index contributed by atoms with van der Waals surface area (Å²) in [5, 5.41) is 3.24. The van der Waals surface area contributed by atoms with E-state index in [0.717, 1.165) is 32.6 Å². The van der Waals surface area contributed by atoms with Crippen molar-refractivity contribution in [2.24, 2.45) is 5.92 Å². The van der Waals surface area contributed by atoms with Gasteiger partial charge >= 0.3 is 0 Å². The molecule has 0 aliphatic carbocycles. The number of morpholine rings is 1. The number of amides is 2. The number of ether oxygens (including phenoxy) is 1. The highest BCUT2D eigenvalue weighted by molar-refractivity contribution is 5.85. The lowest BCUT2D eigenvalue weighted by molar-refractivity contribution is -0.142. The normalized spacial score (nSPS) is 24.9. The zero-order chi connectivity index (χ0) is 15.4. The van der Waals surface area contributed by atoms with Crippen molar-refractivity contribution in [3.05, 3.63) is 0 Å². The van der Waals surface area contributed by atoms with Crippen molar-refractivity contribution in [2.45, 2.75) is 6.42 Å². The number of nitrogens with one attached hydrogen (secondary N) is 1. The Morgan fingerprint density at radius 3 is 2.17 bits per heavy atom. The van der Waals surface area contributed by atoms with Crippen molar-refractivity contribution in [3.8, 4) is 0 Å².